The van der Waals surface area contributed by atoms with Crippen LogP contribution >= 0.6 is 25.3 Å². The van der Waals surface area contributed by atoms with Crippen molar-refractivity contribution in [3.63, 3.8) is 0 Å². The molecule has 0 aliphatic rings. The Kier molecular flexibility index (Phi) is 4.57. The van der Waals surface area contributed by atoms with E-state index in [1.54, 1.807) is 0 Å². The molecule has 0 aliphatic heterocycles. The summed E-state index contributed by atoms with van der Waals surface area (Å²) in [6, 6.07) is 0. The van der Waals surface area contributed by atoms with E-state index >= 15 is 0 Å². The van der Waals surface area contributed by atoms with E-state index in [-0.39, 0.29) is 0 Å². The molecule has 0 rings (SSSR count). The second kappa shape index (κ2) is 4.33. The van der Waals surface area contributed by atoms with Gasteiger partial charge in [-0.2, -0.15) is 0 Å². The molecule has 0 heterocycles. The van der Waals surface area contributed by atoms with Crippen molar-refractivity contribution in [2.75, 3.05) is 0 Å². The summed E-state index contributed by atoms with van der Waals surface area (Å²) < 4.78 is 0. The van der Waals surface area contributed by atoms with Crippen molar-refractivity contribution >= 4 is 25.3 Å². The van der Waals surface area contributed by atoms with Gasteiger partial charge in [-0.1, -0.05) is 13.8 Å². The summed E-state index contributed by atoms with van der Waals surface area (Å²) in [5, 5.41) is 0. The summed E-state index contributed by atoms with van der Waals surface area (Å²) in [7, 11) is 0. The van der Waals surface area contributed by atoms with Gasteiger partial charge < -0.3 is 0 Å². The number of allylic oxidation sites excluding steroid dienone is 2. The van der Waals surface area contributed by atoms with E-state index in [0.29, 0.717) is 0 Å². The predicted octanol–water partition coefficient (Wildman–Crippen LogP) is 2.88. The molecule has 0 saturated heterocycles. The van der Waals surface area contributed by atoms with Crippen molar-refractivity contribution in [1.29, 1.82) is 0 Å². The van der Waals surface area contributed by atoms with Crippen molar-refractivity contribution in [3.8, 4) is 0 Å². The second-order valence-corrected chi connectivity index (χ2v) is 2.68. The smallest absolute Gasteiger partial charge is 0.00945 e. The van der Waals surface area contributed by atoms with Gasteiger partial charge in [-0.05, 0) is 22.7 Å². The minimum absolute atomic E-state index is 0.996. The molecule has 48 valence electrons. The quantitative estimate of drug-likeness (QED) is 0.553. The fourth-order valence-corrected chi connectivity index (χ4v) is 0.724. The van der Waals surface area contributed by atoms with Crippen LogP contribution in [0.4, 0.5) is 0 Å². The van der Waals surface area contributed by atoms with Crippen molar-refractivity contribution < 1.29 is 0 Å². The maximum absolute atomic E-state index is 4.21. The standard InChI is InChI=1S/C6H12S2/c1-3-5(7)6(8)4-2/h7-8H,3-4H2,1-2H3. The Bertz CT molecular complexity index is 82.7. The van der Waals surface area contributed by atoms with E-state index in [1.165, 1.54) is 0 Å². The molecular weight excluding hydrogens is 136 g/mol. The molecule has 0 aromatic rings. The minimum Gasteiger partial charge on any atom is -0.147 e. The fourth-order valence-electron chi connectivity index (χ4n) is 0.408. The Labute approximate surface area is 62.2 Å². The maximum atomic E-state index is 4.21. The Morgan fingerprint density at radius 3 is 1.38 bits per heavy atom. The van der Waals surface area contributed by atoms with Gasteiger partial charge in [0.25, 0.3) is 0 Å². The average Bonchev–Trinajstić information content (AvgIpc) is 1.84. The number of hydrogen-bond acceptors (Lipinski definition) is 2. The molecule has 0 aliphatic carbocycles. The van der Waals surface area contributed by atoms with Crippen LogP contribution in [0.3, 0.4) is 0 Å². The summed E-state index contributed by atoms with van der Waals surface area (Å²) >= 11 is 8.42. The van der Waals surface area contributed by atoms with Crippen LogP contribution in [0.5, 0.6) is 0 Å². The van der Waals surface area contributed by atoms with Gasteiger partial charge in [-0.3, -0.25) is 0 Å². The van der Waals surface area contributed by atoms with Gasteiger partial charge in [-0.25, -0.2) is 0 Å². The first-order chi connectivity index (χ1) is 3.72. The van der Waals surface area contributed by atoms with E-state index < -0.39 is 0 Å². The lowest BCUT2D eigenvalue weighted by atomic mass is 10.3. The number of thiol groups is 2. The van der Waals surface area contributed by atoms with Gasteiger partial charge in [0, 0.05) is 0 Å². The molecule has 0 N–H and O–H groups in total. The lowest BCUT2D eigenvalue weighted by Crippen LogP contribution is -1.72. The van der Waals surface area contributed by atoms with Crippen molar-refractivity contribution in [3.05, 3.63) is 9.81 Å². The van der Waals surface area contributed by atoms with E-state index in [9.17, 15) is 0 Å². The van der Waals surface area contributed by atoms with Crippen LogP contribution in [-0.2, 0) is 0 Å². The summed E-state index contributed by atoms with van der Waals surface area (Å²) in [5.74, 6) is 0. The van der Waals surface area contributed by atoms with Gasteiger partial charge in [0.15, 0.2) is 0 Å². The third kappa shape index (κ3) is 2.68. The summed E-state index contributed by atoms with van der Waals surface area (Å²) in [4.78, 5) is 2.21. The van der Waals surface area contributed by atoms with Gasteiger partial charge in [0.05, 0.1) is 0 Å². The third-order valence-electron chi connectivity index (χ3n) is 1.00. The Morgan fingerprint density at radius 2 is 1.25 bits per heavy atom. The van der Waals surface area contributed by atoms with Crippen LogP contribution in [0.25, 0.3) is 0 Å². The molecule has 0 atom stereocenters. The number of hydrogen-bond donors (Lipinski definition) is 2. The van der Waals surface area contributed by atoms with Crippen molar-refractivity contribution in [2.24, 2.45) is 0 Å². The van der Waals surface area contributed by atoms with Gasteiger partial charge in [0.1, 0.15) is 0 Å². The lowest BCUT2D eigenvalue weighted by molar-refractivity contribution is 1.12. The molecule has 0 fully saturated rings. The van der Waals surface area contributed by atoms with E-state index in [2.05, 4.69) is 39.1 Å². The van der Waals surface area contributed by atoms with E-state index in [4.69, 9.17) is 0 Å². The SMILES string of the molecule is CCC(S)=C(S)CC. The van der Waals surface area contributed by atoms with Gasteiger partial charge in [-0.15, -0.1) is 25.3 Å². The highest BCUT2D eigenvalue weighted by atomic mass is 32.1. The summed E-state index contributed by atoms with van der Waals surface area (Å²) in [6.45, 7) is 4.16. The summed E-state index contributed by atoms with van der Waals surface area (Å²) in [5.41, 5.74) is 0. The molecule has 0 aromatic carbocycles. The second-order valence-electron chi connectivity index (χ2n) is 1.60. The largest absolute Gasteiger partial charge is 0.147 e. The zero-order valence-corrected chi connectivity index (χ0v) is 7.10. The molecule has 8 heavy (non-hydrogen) atoms. The van der Waals surface area contributed by atoms with Gasteiger partial charge in [0.2, 0.25) is 0 Å². The molecule has 0 nitrogen and oxygen atoms in total. The Balaban J connectivity index is 3.83. The highest BCUT2D eigenvalue weighted by Crippen LogP contribution is 2.17. The van der Waals surface area contributed by atoms with Crippen LogP contribution in [0, 0.1) is 0 Å². The lowest BCUT2D eigenvalue weighted by Gasteiger charge is -1.97. The molecule has 0 spiro atoms. The first-order valence-corrected chi connectivity index (χ1v) is 3.71. The first-order valence-electron chi connectivity index (χ1n) is 2.82. The molecule has 0 radical (unpaired) electrons. The molecule has 0 unspecified atom stereocenters. The van der Waals surface area contributed by atoms with Crippen LogP contribution in [0.15, 0.2) is 9.81 Å². The Morgan fingerprint density at radius 1 is 1.00 bits per heavy atom. The Hall–Kier alpha value is 0.440. The molecule has 0 saturated carbocycles. The molecule has 0 aromatic heterocycles. The van der Waals surface area contributed by atoms with E-state index in [1.807, 2.05) is 0 Å². The average molecular weight is 148 g/mol. The first kappa shape index (κ1) is 8.44. The molecule has 0 amide bonds. The van der Waals surface area contributed by atoms with Crippen molar-refractivity contribution in [2.45, 2.75) is 26.7 Å². The van der Waals surface area contributed by atoms with E-state index in [0.717, 1.165) is 22.7 Å². The molecule has 0 bridgehead atoms. The number of rotatable bonds is 2. The molecule has 2 heteroatoms. The fraction of sp³-hybridized carbons (Fsp3) is 0.667. The predicted molar refractivity (Wildman–Crippen MR) is 45.6 cm³/mol. The highest BCUT2D eigenvalue weighted by Gasteiger charge is 1.90. The van der Waals surface area contributed by atoms with Crippen LogP contribution in [0.2, 0.25) is 0 Å². The third-order valence-corrected chi connectivity index (χ3v) is 2.35. The van der Waals surface area contributed by atoms with Crippen LogP contribution in [0.1, 0.15) is 26.7 Å². The highest BCUT2D eigenvalue weighted by molar-refractivity contribution is 7.88. The zero-order valence-electron chi connectivity index (χ0n) is 5.31. The zero-order chi connectivity index (χ0) is 6.57. The topological polar surface area (TPSA) is 0 Å². The minimum atomic E-state index is 0.996. The molecular formula is C6H12S2. The van der Waals surface area contributed by atoms with Crippen LogP contribution < -0.4 is 0 Å². The summed E-state index contributed by atoms with van der Waals surface area (Å²) in [6.07, 6.45) is 1.99. The maximum Gasteiger partial charge on any atom is -0.00945 e. The van der Waals surface area contributed by atoms with Crippen molar-refractivity contribution in [1.82, 2.24) is 0 Å². The van der Waals surface area contributed by atoms with Gasteiger partial charge >= 0.3 is 0 Å². The van der Waals surface area contributed by atoms with Crippen LogP contribution in [-0.4, -0.2) is 0 Å². The monoisotopic (exact) mass is 148 g/mol. The normalized spacial score (nSPS) is 13.5.